The number of amidine groups is 2. The molecule has 0 aliphatic heterocycles. The zero-order valence-corrected chi connectivity index (χ0v) is 29.7. The quantitative estimate of drug-likeness (QED) is 0.128. The van der Waals surface area contributed by atoms with Crippen LogP contribution in [-0.2, 0) is 6.54 Å². The van der Waals surface area contributed by atoms with Gasteiger partial charge in [0.2, 0.25) is 0 Å². The Bertz CT molecular complexity index is 2370. The summed E-state index contributed by atoms with van der Waals surface area (Å²) in [6.45, 7) is 8.39. The van der Waals surface area contributed by atoms with E-state index in [1.54, 1.807) is 0 Å². The van der Waals surface area contributed by atoms with Gasteiger partial charge in [-0.25, -0.2) is 24.9 Å². The number of hydrogen-bond donors (Lipinski definition) is 1. The average molecular weight is 678 g/mol. The monoisotopic (exact) mass is 677 g/mol. The van der Waals surface area contributed by atoms with E-state index in [1.807, 2.05) is 82.3 Å². The van der Waals surface area contributed by atoms with Crippen LogP contribution in [0.2, 0.25) is 0 Å². The van der Waals surface area contributed by atoms with Gasteiger partial charge in [-0.3, -0.25) is 4.99 Å². The van der Waals surface area contributed by atoms with Crippen molar-refractivity contribution >= 4 is 11.7 Å². The van der Waals surface area contributed by atoms with E-state index in [0.29, 0.717) is 18.2 Å². The van der Waals surface area contributed by atoms with Crippen LogP contribution in [0.1, 0.15) is 39.5 Å². The van der Waals surface area contributed by atoms with Gasteiger partial charge in [-0.15, -0.1) is 0 Å². The fraction of sp³-hybridized carbons (Fsp3) is 0.111. The van der Waals surface area contributed by atoms with E-state index >= 15 is 0 Å². The molecule has 0 unspecified atom stereocenters. The lowest BCUT2D eigenvalue weighted by atomic mass is 10.0. The molecular weight excluding hydrogens is 639 g/mol. The minimum absolute atomic E-state index is 0.407. The van der Waals surface area contributed by atoms with Crippen LogP contribution in [0.25, 0.3) is 45.0 Å². The minimum Gasteiger partial charge on any atom is -0.383 e. The average Bonchev–Trinajstić information content (AvgIpc) is 3.16. The van der Waals surface area contributed by atoms with Gasteiger partial charge < -0.3 is 5.73 Å². The molecule has 5 aromatic carbocycles. The summed E-state index contributed by atoms with van der Waals surface area (Å²) >= 11 is 0. The van der Waals surface area contributed by atoms with Crippen LogP contribution in [0.15, 0.2) is 150 Å². The third-order valence-corrected chi connectivity index (χ3v) is 8.67. The number of aryl methyl sites for hydroxylation is 4. The molecule has 2 heterocycles. The molecule has 7 rings (SSSR count). The normalized spacial score (nSPS) is 11.8. The lowest BCUT2D eigenvalue weighted by molar-refractivity contribution is 1.06. The molecule has 7 aromatic rings. The highest BCUT2D eigenvalue weighted by Gasteiger charge is 2.10. The Balaban J connectivity index is 1.18. The van der Waals surface area contributed by atoms with E-state index in [0.717, 1.165) is 84.5 Å². The maximum absolute atomic E-state index is 6.56. The van der Waals surface area contributed by atoms with Crippen LogP contribution in [0.5, 0.6) is 0 Å². The molecular formula is C45H39N7. The summed E-state index contributed by atoms with van der Waals surface area (Å²) in [5.74, 6) is 2.44. The number of hydrogen-bond acceptors (Lipinski definition) is 5. The molecule has 2 aromatic heterocycles. The van der Waals surface area contributed by atoms with Gasteiger partial charge in [-0.05, 0) is 79.8 Å². The first kappa shape index (κ1) is 33.9. The lowest BCUT2D eigenvalue weighted by Gasteiger charge is -2.10. The fourth-order valence-electron chi connectivity index (χ4n) is 6.17. The first-order valence-corrected chi connectivity index (χ1v) is 17.3. The van der Waals surface area contributed by atoms with Gasteiger partial charge in [0.15, 0.2) is 17.5 Å². The number of benzene rings is 5. The Morgan fingerprint density at radius 2 is 0.923 bits per heavy atom. The van der Waals surface area contributed by atoms with E-state index in [1.165, 1.54) is 0 Å². The molecule has 0 fully saturated rings. The van der Waals surface area contributed by atoms with Gasteiger partial charge >= 0.3 is 0 Å². The van der Waals surface area contributed by atoms with Crippen LogP contribution in [0, 0.1) is 27.7 Å². The molecule has 0 atom stereocenters. The lowest BCUT2D eigenvalue weighted by Crippen LogP contribution is -2.16. The minimum atomic E-state index is 0.407. The van der Waals surface area contributed by atoms with Crippen LogP contribution < -0.4 is 5.73 Å². The fourth-order valence-corrected chi connectivity index (χ4v) is 6.17. The van der Waals surface area contributed by atoms with Gasteiger partial charge in [0.25, 0.3) is 0 Å². The third-order valence-electron chi connectivity index (χ3n) is 8.67. The summed E-state index contributed by atoms with van der Waals surface area (Å²) < 4.78 is 0. The standard InChI is InChI=1S/C45H39N7/c1-29-24-30(2)49-44(48-29)37-20-16-34(17-21-37)39-13-8-10-33(26-39)28-47-43(52-42(46)36-11-6-5-7-12-36)41-15-9-14-40(27-41)35-18-22-38(23-19-35)45-50-31(3)25-32(4)51-45/h5-27H,28H2,1-4H3,(H2,46,47,52). The number of aliphatic imine (C=N–C) groups is 2. The Kier molecular flexibility index (Phi) is 9.84. The van der Waals surface area contributed by atoms with E-state index in [4.69, 9.17) is 15.7 Å². The Morgan fingerprint density at radius 1 is 0.462 bits per heavy atom. The topological polar surface area (TPSA) is 102 Å². The summed E-state index contributed by atoms with van der Waals surface area (Å²) in [7, 11) is 0. The van der Waals surface area contributed by atoms with Gasteiger partial charge in [-0.1, -0.05) is 115 Å². The molecule has 7 nitrogen and oxygen atoms in total. The molecule has 52 heavy (non-hydrogen) atoms. The van der Waals surface area contributed by atoms with Crippen molar-refractivity contribution in [1.29, 1.82) is 0 Å². The van der Waals surface area contributed by atoms with Crippen molar-refractivity contribution < 1.29 is 0 Å². The van der Waals surface area contributed by atoms with Gasteiger partial charge in [0, 0.05) is 45.0 Å². The zero-order chi connectivity index (χ0) is 36.0. The highest BCUT2D eigenvalue weighted by Crippen LogP contribution is 2.27. The second-order valence-electron chi connectivity index (χ2n) is 12.9. The summed E-state index contributed by atoms with van der Waals surface area (Å²) in [5, 5.41) is 0. The van der Waals surface area contributed by atoms with Gasteiger partial charge in [0.05, 0.1) is 6.54 Å². The molecule has 254 valence electrons. The highest BCUT2D eigenvalue weighted by molar-refractivity contribution is 6.11. The number of aromatic nitrogens is 4. The Hall–Kier alpha value is -6.60. The molecule has 2 N–H and O–H groups in total. The molecule has 0 aliphatic carbocycles. The number of nitrogens with zero attached hydrogens (tertiary/aromatic N) is 6. The van der Waals surface area contributed by atoms with Crippen LogP contribution in [-0.4, -0.2) is 31.6 Å². The summed E-state index contributed by atoms with van der Waals surface area (Å²) in [4.78, 5) is 28.4. The first-order chi connectivity index (χ1) is 25.3. The third kappa shape index (κ3) is 8.06. The molecule has 0 saturated carbocycles. The van der Waals surface area contributed by atoms with E-state index in [2.05, 4.69) is 105 Å². The van der Waals surface area contributed by atoms with Crippen LogP contribution in [0.3, 0.4) is 0 Å². The van der Waals surface area contributed by atoms with Crippen molar-refractivity contribution in [2.45, 2.75) is 34.2 Å². The molecule has 0 bridgehead atoms. The first-order valence-electron chi connectivity index (χ1n) is 17.3. The maximum Gasteiger partial charge on any atom is 0.159 e. The number of rotatable bonds is 8. The Labute approximate surface area is 304 Å². The van der Waals surface area contributed by atoms with Crippen molar-refractivity contribution in [3.05, 3.63) is 179 Å². The van der Waals surface area contributed by atoms with Gasteiger partial charge in [0.1, 0.15) is 5.84 Å². The molecule has 0 aliphatic rings. The maximum atomic E-state index is 6.56. The largest absolute Gasteiger partial charge is 0.383 e. The summed E-state index contributed by atoms with van der Waals surface area (Å²) in [5.41, 5.74) is 19.4. The second-order valence-corrected chi connectivity index (χ2v) is 12.9. The molecule has 7 heteroatoms. The van der Waals surface area contributed by atoms with E-state index in [9.17, 15) is 0 Å². The smallest absolute Gasteiger partial charge is 0.159 e. The van der Waals surface area contributed by atoms with Crippen LogP contribution in [0.4, 0.5) is 0 Å². The van der Waals surface area contributed by atoms with Crippen molar-refractivity contribution in [2.24, 2.45) is 15.7 Å². The van der Waals surface area contributed by atoms with Crippen molar-refractivity contribution in [2.75, 3.05) is 0 Å². The van der Waals surface area contributed by atoms with E-state index < -0.39 is 0 Å². The zero-order valence-electron chi connectivity index (χ0n) is 29.7. The van der Waals surface area contributed by atoms with Crippen molar-refractivity contribution in [3.8, 4) is 45.0 Å². The van der Waals surface area contributed by atoms with E-state index in [-0.39, 0.29) is 0 Å². The van der Waals surface area contributed by atoms with Crippen molar-refractivity contribution in [1.82, 2.24) is 19.9 Å². The molecule has 0 amide bonds. The Morgan fingerprint density at radius 3 is 1.46 bits per heavy atom. The molecule has 0 spiro atoms. The molecule has 0 radical (unpaired) electrons. The molecule has 0 saturated heterocycles. The van der Waals surface area contributed by atoms with Gasteiger partial charge in [-0.2, -0.15) is 0 Å². The van der Waals surface area contributed by atoms with Crippen LogP contribution >= 0.6 is 0 Å². The predicted molar refractivity (Wildman–Crippen MR) is 212 cm³/mol. The highest BCUT2D eigenvalue weighted by atomic mass is 15.0. The number of nitrogens with two attached hydrogens (primary N) is 1. The predicted octanol–water partition coefficient (Wildman–Crippen LogP) is 9.52. The van der Waals surface area contributed by atoms with Crippen molar-refractivity contribution in [3.63, 3.8) is 0 Å². The summed E-state index contributed by atoms with van der Waals surface area (Å²) in [6, 6.07) is 47.1. The second kappa shape index (κ2) is 15.1. The SMILES string of the molecule is Cc1cc(C)nc(-c2ccc(-c3cccc(CN=C(N=C(N)c4ccccc4)c4cccc(-c5ccc(-c6nc(C)cc(C)n6)cc5)c4)c3)cc2)n1. The summed E-state index contributed by atoms with van der Waals surface area (Å²) in [6.07, 6.45) is 0.